The lowest BCUT2D eigenvalue weighted by Crippen LogP contribution is -2.19. The molecule has 1 N–H and O–H groups in total. The summed E-state index contributed by atoms with van der Waals surface area (Å²) in [7, 11) is 0. The van der Waals surface area contributed by atoms with Crippen molar-refractivity contribution in [1.29, 1.82) is 0 Å². The maximum atomic E-state index is 4.74. The van der Waals surface area contributed by atoms with Crippen molar-refractivity contribution in [3.63, 3.8) is 0 Å². The average Bonchev–Trinajstić information content (AvgIpc) is 2.83. The van der Waals surface area contributed by atoms with Crippen LogP contribution in [0.25, 0.3) is 0 Å². The van der Waals surface area contributed by atoms with Gasteiger partial charge in [0.15, 0.2) is 0 Å². The van der Waals surface area contributed by atoms with Crippen molar-refractivity contribution in [3.8, 4) is 0 Å². The average molecular weight is 261 g/mol. The van der Waals surface area contributed by atoms with Crippen molar-refractivity contribution >= 4 is 0 Å². The maximum absolute atomic E-state index is 4.74. The molecule has 1 atom stereocenters. The Bertz CT molecular complexity index is 415. The summed E-state index contributed by atoms with van der Waals surface area (Å²) in [5.41, 5.74) is 1.78. The SMILES string of the molecule is CC1(C)CC1CNCc1ccn(C2CCCCC2)n1. The van der Waals surface area contributed by atoms with Gasteiger partial charge in [-0.3, -0.25) is 4.68 Å². The van der Waals surface area contributed by atoms with Gasteiger partial charge < -0.3 is 5.32 Å². The number of hydrogen-bond donors (Lipinski definition) is 1. The summed E-state index contributed by atoms with van der Waals surface area (Å²) < 4.78 is 2.21. The third-order valence-electron chi connectivity index (χ3n) is 5.03. The predicted octanol–water partition coefficient (Wildman–Crippen LogP) is 3.52. The van der Waals surface area contributed by atoms with E-state index in [0.29, 0.717) is 11.5 Å². The monoisotopic (exact) mass is 261 g/mol. The molecule has 0 bridgehead atoms. The van der Waals surface area contributed by atoms with Crippen molar-refractivity contribution < 1.29 is 0 Å². The first-order valence-corrected chi connectivity index (χ1v) is 7.90. The Hall–Kier alpha value is -0.830. The highest BCUT2D eigenvalue weighted by Gasteiger charge is 2.44. The van der Waals surface area contributed by atoms with Crippen LogP contribution in [-0.2, 0) is 6.54 Å². The molecule has 1 aromatic heterocycles. The van der Waals surface area contributed by atoms with Gasteiger partial charge in [-0.15, -0.1) is 0 Å². The summed E-state index contributed by atoms with van der Waals surface area (Å²) in [5.74, 6) is 0.868. The van der Waals surface area contributed by atoms with Crippen molar-refractivity contribution in [3.05, 3.63) is 18.0 Å². The lowest BCUT2D eigenvalue weighted by Gasteiger charge is -2.21. The Labute approximate surface area is 116 Å². The summed E-state index contributed by atoms with van der Waals surface area (Å²) in [6.07, 6.45) is 10.3. The van der Waals surface area contributed by atoms with Crippen LogP contribution >= 0.6 is 0 Å². The van der Waals surface area contributed by atoms with Crippen molar-refractivity contribution in [1.82, 2.24) is 15.1 Å². The molecule has 1 aromatic rings. The molecule has 1 heterocycles. The predicted molar refractivity (Wildman–Crippen MR) is 77.9 cm³/mol. The number of nitrogens with one attached hydrogen (secondary N) is 1. The molecule has 2 fully saturated rings. The van der Waals surface area contributed by atoms with Gasteiger partial charge >= 0.3 is 0 Å². The van der Waals surface area contributed by atoms with E-state index in [1.54, 1.807) is 0 Å². The fourth-order valence-electron chi connectivity index (χ4n) is 3.32. The zero-order valence-electron chi connectivity index (χ0n) is 12.4. The molecule has 0 radical (unpaired) electrons. The van der Waals surface area contributed by atoms with Gasteiger partial charge in [-0.2, -0.15) is 5.10 Å². The quantitative estimate of drug-likeness (QED) is 0.879. The first-order valence-electron chi connectivity index (χ1n) is 7.90. The van der Waals surface area contributed by atoms with E-state index in [-0.39, 0.29) is 0 Å². The van der Waals surface area contributed by atoms with E-state index in [1.807, 2.05) is 0 Å². The van der Waals surface area contributed by atoms with Crippen LogP contribution in [0.3, 0.4) is 0 Å². The minimum absolute atomic E-state index is 0.578. The lowest BCUT2D eigenvalue weighted by molar-refractivity contribution is 0.327. The molecule has 0 saturated heterocycles. The lowest BCUT2D eigenvalue weighted by atomic mass is 9.96. The largest absolute Gasteiger partial charge is 0.311 e. The third kappa shape index (κ3) is 3.19. The van der Waals surface area contributed by atoms with Crippen LogP contribution in [0.2, 0.25) is 0 Å². The smallest absolute Gasteiger partial charge is 0.0762 e. The van der Waals surface area contributed by atoms with Crippen LogP contribution in [0, 0.1) is 11.3 Å². The van der Waals surface area contributed by atoms with Crippen LogP contribution < -0.4 is 5.32 Å². The maximum Gasteiger partial charge on any atom is 0.0762 e. The molecule has 3 nitrogen and oxygen atoms in total. The molecular formula is C16H27N3. The van der Waals surface area contributed by atoms with E-state index in [0.717, 1.165) is 19.0 Å². The molecule has 2 saturated carbocycles. The van der Waals surface area contributed by atoms with Gasteiger partial charge in [-0.1, -0.05) is 33.1 Å². The van der Waals surface area contributed by atoms with Gasteiger partial charge in [-0.25, -0.2) is 0 Å². The summed E-state index contributed by atoms with van der Waals surface area (Å²) in [6, 6.07) is 2.84. The third-order valence-corrected chi connectivity index (χ3v) is 5.03. The summed E-state index contributed by atoms with van der Waals surface area (Å²) >= 11 is 0. The topological polar surface area (TPSA) is 29.9 Å². The molecule has 0 amide bonds. The van der Waals surface area contributed by atoms with E-state index in [9.17, 15) is 0 Å². The molecular weight excluding hydrogens is 234 g/mol. The number of aromatic nitrogens is 2. The Balaban J connectivity index is 1.45. The standard InChI is InChI=1S/C16H27N3/c1-16(2)10-13(16)11-17-12-14-8-9-19(18-14)15-6-4-3-5-7-15/h8-9,13,15,17H,3-7,10-12H2,1-2H3. The number of hydrogen-bond acceptors (Lipinski definition) is 2. The molecule has 1 unspecified atom stereocenters. The van der Waals surface area contributed by atoms with Gasteiger partial charge in [0.1, 0.15) is 0 Å². The first kappa shape index (κ1) is 13.2. The van der Waals surface area contributed by atoms with Gasteiger partial charge in [0.05, 0.1) is 11.7 Å². The second-order valence-electron chi connectivity index (χ2n) is 7.10. The highest BCUT2D eigenvalue weighted by Crippen LogP contribution is 2.50. The van der Waals surface area contributed by atoms with E-state index in [4.69, 9.17) is 5.10 Å². The molecule has 0 aliphatic heterocycles. The van der Waals surface area contributed by atoms with Gasteiger partial charge in [-0.05, 0) is 43.2 Å². The van der Waals surface area contributed by atoms with E-state index >= 15 is 0 Å². The fraction of sp³-hybridized carbons (Fsp3) is 0.812. The second kappa shape index (κ2) is 5.28. The van der Waals surface area contributed by atoms with Crippen LogP contribution in [-0.4, -0.2) is 16.3 Å². The molecule has 106 valence electrons. The number of rotatable bonds is 5. The molecule has 19 heavy (non-hydrogen) atoms. The first-order chi connectivity index (χ1) is 9.15. The summed E-state index contributed by atoms with van der Waals surface area (Å²) in [5, 5.41) is 8.30. The molecule has 0 spiro atoms. The normalized spacial score (nSPS) is 26.5. The number of nitrogens with zero attached hydrogens (tertiary/aromatic N) is 2. The Morgan fingerprint density at radius 1 is 1.32 bits per heavy atom. The highest BCUT2D eigenvalue weighted by atomic mass is 15.3. The molecule has 3 rings (SSSR count). The molecule has 2 aliphatic carbocycles. The van der Waals surface area contributed by atoms with Crippen LogP contribution in [0.15, 0.2) is 12.3 Å². The van der Waals surface area contributed by atoms with E-state index in [2.05, 4.69) is 36.1 Å². The molecule has 0 aromatic carbocycles. The van der Waals surface area contributed by atoms with Gasteiger partial charge in [0, 0.05) is 12.7 Å². The van der Waals surface area contributed by atoms with Crippen LogP contribution in [0.4, 0.5) is 0 Å². The summed E-state index contributed by atoms with van der Waals surface area (Å²) in [6.45, 7) is 6.78. The summed E-state index contributed by atoms with van der Waals surface area (Å²) in [4.78, 5) is 0. The van der Waals surface area contributed by atoms with E-state index < -0.39 is 0 Å². The van der Waals surface area contributed by atoms with Crippen molar-refractivity contribution in [2.75, 3.05) is 6.54 Å². The molecule has 2 aliphatic rings. The van der Waals surface area contributed by atoms with Crippen molar-refractivity contribution in [2.45, 2.75) is 65.0 Å². The highest BCUT2D eigenvalue weighted by molar-refractivity contribution is 5.01. The van der Waals surface area contributed by atoms with Crippen LogP contribution in [0.1, 0.15) is 64.1 Å². The van der Waals surface area contributed by atoms with E-state index in [1.165, 1.54) is 44.2 Å². The van der Waals surface area contributed by atoms with Crippen LogP contribution in [0.5, 0.6) is 0 Å². The van der Waals surface area contributed by atoms with Gasteiger partial charge in [0.2, 0.25) is 0 Å². The Kier molecular flexibility index (Phi) is 3.66. The minimum Gasteiger partial charge on any atom is -0.311 e. The van der Waals surface area contributed by atoms with Crippen molar-refractivity contribution in [2.24, 2.45) is 11.3 Å². The zero-order valence-corrected chi connectivity index (χ0v) is 12.4. The van der Waals surface area contributed by atoms with Gasteiger partial charge in [0.25, 0.3) is 0 Å². The Morgan fingerprint density at radius 3 is 2.74 bits per heavy atom. The minimum atomic E-state index is 0.578. The fourth-order valence-corrected chi connectivity index (χ4v) is 3.32. The Morgan fingerprint density at radius 2 is 2.05 bits per heavy atom. The zero-order chi connectivity index (χ0) is 13.3. The second-order valence-corrected chi connectivity index (χ2v) is 7.10. The molecule has 3 heteroatoms.